The fraction of sp³-hybridized carbons (Fsp3) is 0.154. The van der Waals surface area contributed by atoms with Gasteiger partial charge in [-0.25, -0.2) is 9.97 Å². The first-order valence-electron chi connectivity index (χ1n) is 5.62. The molecule has 1 heterocycles. The molecule has 0 radical (unpaired) electrons. The molecule has 2 rings (SSSR count). The van der Waals surface area contributed by atoms with Gasteiger partial charge in [0.1, 0.15) is 11.0 Å². The summed E-state index contributed by atoms with van der Waals surface area (Å²) in [6, 6.07) is 10.9. The maximum absolute atomic E-state index is 12.1. The quantitative estimate of drug-likeness (QED) is 0.696. The molecule has 2 aromatic rings. The Hall–Kier alpha value is -1.65. The lowest BCUT2D eigenvalue weighted by atomic mass is 10.0. The average molecular weight is 296 g/mol. The predicted molar refractivity (Wildman–Crippen MR) is 75.5 cm³/mol. The Labute approximate surface area is 120 Å². The van der Waals surface area contributed by atoms with Gasteiger partial charge in [-0.05, 0) is 24.1 Å². The SMILES string of the molecule is CC(C(=O)Nc1cc(Cl)nc(Cl)n1)c1ccccc1. The summed E-state index contributed by atoms with van der Waals surface area (Å²) in [5.41, 5.74) is 0.922. The number of carbonyl (C=O) groups excluding carboxylic acids is 1. The molecule has 1 atom stereocenters. The molecule has 0 saturated carbocycles. The zero-order valence-corrected chi connectivity index (χ0v) is 11.6. The Bertz CT molecular complexity index is 569. The van der Waals surface area contributed by atoms with E-state index in [1.807, 2.05) is 37.3 Å². The number of anilines is 1. The van der Waals surface area contributed by atoms with Crippen LogP contribution in [0.25, 0.3) is 0 Å². The van der Waals surface area contributed by atoms with Crippen molar-refractivity contribution < 1.29 is 4.79 Å². The zero-order valence-electron chi connectivity index (χ0n) is 10.1. The van der Waals surface area contributed by atoms with Gasteiger partial charge in [0.15, 0.2) is 0 Å². The van der Waals surface area contributed by atoms with Gasteiger partial charge >= 0.3 is 0 Å². The van der Waals surface area contributed by atoms with E-state index >= 15 is 0 Å². The Balaban J connectivity index is 2.13. The van der Waals surface area contributed by atoms with Crippen molar-refractivity contribution in [2.45, 2.75) is 12.8 Å². The van der Waals surface area contributed by atoms with Crippen molar-refractivity contribution in [3.63, 3.8) is 0 Å². The van der Waals surface area contributed by atoms with Crippen LogP contribution in [-0.2, 0) is 4.79 Å². The molecule has 0 bridgehead atoms. The molecule has 0 aliphatic carbocycles. The maximum atomic E-state index is 12.1. The second-order valence-electron chi connectivity index (χ2n) is 3.97. The van der Waals surface area contributed by atoms with E-state index in [0.717, 1.165) is 5.56 Å². The molecule has 0 spiro atoms. The highest BCUT2D eigenvalue weighted by molar-refractivity contribution is 6.32. The van der Waals surface area contributed by atoms with Crippen LogP contribution in [0.1, 0.15) is 18.4 Å². The van der Waals surface area contributed by atoms with Crippen molar-refractivity contribution in [2.24, 2.45) is 0 Å². The number of nitrogens with zero attached hydrogens (tertiary/aromatic N) is 2. The molecule has 0 aliphatic rings. The van der Waals surface area contributed by atoms with Gasteiger partial charge in [-0.1, -0.05) is 41.9 Å². The molecule has 1 unspecified atom stereocenters. The van der Waals surface area contributed by atoms with Crippen LogP contribution in [0.4, 0.5) is 5.82 Å². The van der Waals surface area contributed by atoms with Gasteiger partial charge in [0.25, 0.3) is 0 Å². The van der Waals surface area contributed by atoms with Gasteiger partial charge in [0.2, 0.25) is 11.2 Å². The number of aromatic nitrogens is 2. The van der Waals surface area contributed by atoms with Gasteiger partial charge in [-0.2, -0.15) is 0 Å². The monoisotopic (exact) mass is 295 g/mol. The van der Waals surface area contributed by atoms with E-state index in [2.05, 4.69) is 15.3 Å². The van der Waals surface area contributed by atoms with E-state index in [1.165, 1.54) is 6.07 Å². The highest BCUT2D eigenvalue weighted by Crippen LogP contribution is 2.19. The highest BCUT2D eigenvalue weighted by Gasteiger charge is 2.16. The second kappa shape index (κ2) is 5.99. The number of hydrogen-bond donors (Lipinski definition) is 1. The zero-order chi connectivity index (χ0) is 13.8. The van der Waals surface area contributed by atoms with Crippen molar-refractivity contribution in [1.82, 2.24) is 9.97 Å². The summed E-state index contributed by atoms with van der Waals surface area (Å²) in [6.45, 7) is 1.81. The molecule has 0 aliphatic heterocycles. The van der Waals surface area contributed by atoms with E-state index in [0.29, 0.717) is 0 Å². The first-order valence-corrected chi connectivity index (χ1v) is 6.38. The molecule has 1 N–H and O–H groups in total. The topological polar surface area (TPSA) is 54.9 Å². The minimum absolute atomic E-state index is 0.00448. The molecule has 0 fully saturated rings. The fourth-order valence-electron chi connectivity index (χ4n) is 1.58. The van der Waals surface area contributed by atoms with Crippen molar-refractivity contribution >= 4 is 34.9 Å². The minimum Gasteiger partial charge on any atom is -0.310 e. The van der Waals surface area contributed by atoms with E-state index in [4.69, 9.17) is 23.2 Å². The van der Waals surface area contributed by atoms with Gasteiger partial charge in [0, 0.05) is 6.07 Å². The number of hydrogen-bond acceptors (Lipinski definition) is 3. The van der Waals surface area contributed by atoms with E-state index in [9.17, 15) is 4.79 Å². The van der Waals surface area contributed by atoms with Crippen molar-refractivity contribution in [1.29, 1.82) is 0 Å². The van der Waals surface area contributed by atoms with Crippen LogP contribution in [0.2, 0.25) is 10.4 Å². The standard InChI is InChI=1S/C13H11Cl2N3O/c1-8(9-5-3-2-4-6-9)12(19)17-11-7-10(14)16-13(15)18-11/h2-8H,1H3,(H,16,17,18,19). The molecular weight excluding hydrogens is 285 g/mol. The number of benzene rings is 1. The molecule has 1 amide bonds. The largest absolute Gasteiger partial charge is 0.310 e. The maximum Gasteiger partial charge on any atom is 0.232 e. The first-order chi connectivity index (χ1) is 9.06. The molecule has 4 nitrogen and oxygen atoms in total. The Kier molecular flexibility index (Phi) is 4.35. The first kappa shape index (κ1) is 13.8. The number of halogens is 2. The summed E-state index contributed by atoms with van der Waals surface area (Å²) in [6.07, 6.45) is 0. The van der Waals surface area contributed by atoms with Crippen LogP contribution in [-0.4, -0.2) is 15.9 Å². The summed E-state index contributed by atoms with van der Waals surface area (Å²) < 4.78 is 0. The summed E-state index contributed by atoms with van der Waals surface area (Å²) in [7, 11) is 0. The average Bonchev–Trinajstić information content (AvgIpc) is 2.37. The lowest BCUT2D eigenvalue weighted by Gasteiger charge is -2.12. The van der Waals surface area contributed by atoms with E-state index in [-0.39, 0.29) is 28.1 Å². The van der Waals surface area contributed by atoms with Gasteiger partial charge < -0.3 is 5.32 Å². The van der Waals surface area contributed by atoms with Crippen LogP contribution in [0, 0.1) is 0 Å². The molecule has 1 aromatic carbocycles. The van der Waals surface area contributed by atoms with Gasteiger partial charge in [-0.3, -0.25) is 4.79 Å². The third-order valence-electron chi connectivity index (χ3n) is 2.61. The lowest BCUT2D eigenvalue weighted by Crippen LogP contribution is -2.19. The van der Waals surface area contributed by atoms with Crippen LogP contribution in [0.5, 0.6) is 0 Å². The molecule has 6 heteroatoms. The summed E-state index contributed by atoms with van der Waals surface area (Å²) in [5.74, 6) is -0.191. The van der Waals surface area contributed by atoms with E-state index < -0.39 is 0 Å². The molecule has 1 aromatic heterocycles. The summed E-state index contributed by atoms with van der Waals surface area (Å²) in [5, 5.41) is 2.84. The Morgan fingerprint density at radius 1 is 1.21 bits per heavy atom. The molecule has 0 saturated heterocycles. The Morgan fingerprint density at radius 3 is 2.53 bits per heavy atom. The number of amides is 1. The predicted octanol–water partition coefficient (Wildman–Crippen LogP) is 3.53. The third-order valence-corrected chi connectivity index (χ3v) is 2.97. The number of rotatable bonds is 3. The summed E-state index contributed by atoms with van der Waals surface area (Å²) >= 11 is 11.4. The fourth-order valence-corrected chi connectivity index (χ4v) is 1.99. The van der Waals surface area contributed by atoms with Crippen LogP contribution in [0.15, 0.2) is 36.4 Å². The number of carbonyl (C=O) groups is 1. The van der Waals surface area contributed by atoms with Crippen LogP contribution in [0.3, 0.4) is 0 Å². The molecular formula is C13H11Cl2N3O. The van der Waals surface area contributed by atoms with Gasteiger partial charge in [-0.15, -0.1) is 0 Å². The van der Waals surface area contributed by atoms with Crippen molar-refractivity contribution in [3.05, 3.63) is 52.4 Å². The highest BCUT2D eigenvalue weighted by atomic mass is 35.5. The van der Waals surface area contributed by atoms with Crippen molar-refractivity contribution in [3.8, 4) is 0 Å². The second-order valence-corrected chi connectivity index (χ2v) is 4.69. The minimum atomic E-state index is -0.297. The number of nitrogens with one attached hydrogen (secondary N) is 1. The van der Waals surface area contributed by atoms with Gasteiger partial charge in [0.05, 0.1) is 5.92 Å². The smallest absolute Gasteiger partial charge is 0.232 e. The Morgan fingerprint density at radius 2 is 1.89 bits per heavy atom. The van der Waals surface area contributed by atoms with E-state index in [1.54, 1.807) is 0 Å². The normalized spacial score (nSPS) is 11.9. The molecule has 98 valence electrons. The molecule has 19 heavy (non-hydrogen) atoms. The van der Waals surface area contributed by atoms with Crippen LogP contribution < -0.4 is 5.32 Å². The third kappa shape index (κ3) is 3.66. The van der Waals surface area contributed by atoms with Crippen LogP contribution >= 0.6 is 23.2 Å². The van der Waals surface area contributed by atoms with Crippen molar-refractivity contribution in [2.75, 3.05) is 5.32 Å². The lowest BCUT2D eigenvalue weighted by molar-refractivity contribution is -0.117. The summed E-state index contributed by atoms with van der Waals surface area (Å²) in [4.78, 5) is 19.7.